The lowest BCUT2D eigenvalue weighted by Gasteiger charge is -2.38. The first kappa shape index (κ1) is 24.2. The predicted molar refractivity (Wildman–Crippen MR) is 122 cm³/mol. The minimum Gasteiger partial charge on any atom is -0.458 e. The molecule has 0 aliphatic carbocycles. The third-order valence-corrected chi connectivity index (χ3v) is 5.24. The van der Waals surface area contributed by atoms with Gasteiger partial charge < -0.3 is 9.64 Å². The van der Waals surface area contributed by atoms with Crippen molar-refractivity contribution >= 4 is 40.8 Å². The fourth-order valence-corrected chi connectivity index (χ4v) is 3.74. The number of hydrogen-bond acceptors (Lipinski definition) is 6. The Kier molecular flexibility index (Phi) is 7.02. The molecule has 9 nitrogen and oxygen atoms in total. The van der Waals surface area contributed by atoms with Crippen molar-refractivity contribution in [3.63, 3.8) is 0 Å². The molecule has 0 aromatic heterocycles. The molecule has 1 unspecified atom stereocenters. The zero-order valence-corrected chi connectivity index (χ0v) is 19.2. The maximum atomic E-state index is 13.1. The lowest BCUT2D eigenvalue weighted by molar-refractivity contribution is -0.384. The summed E-state index contributed by atoms with van der Waals surface area (Å²) in [6.45, 7) is 5.10. The van der Waals surface area contributed by atoms with Crippen LogP contribution in [-0.2, 0) is 25.5 Å². The van der Waals surface area contributed by atoms with Crippen LogP contribution in [-0.4, -0.2) is 52.3 Å². The quantitative estimate of drug-likeness (QED) is 0.275. The highest BCUT2D eigenvalue weighted by Gasteiger charge is 2.42. The van der Waals surface area contributed by atoms with Gasteiger partial charge in [0.15, 0.2) is 0 Å². The highest BCUT2D eigenvalue weighted by atomic mass is 35.5. The van der Waals surface area contributed by atoms with Gasteiger partial charge in [0.25, 0.3) is 5.69 Å². The van der Waals surface area contributed by atoms with Crippen molar-refractivity contribution in [3.8, 4) is 0 Å². The number of halogens is 1. The number of rotatable bonds is 6. The molecule has 0 spiro atoms. The molecule has 2 amide bonds. The number of hydrogen-bond donors (Lipinski definition) is 0. The third-order valence-electron chi connectivity index (χ3n) is 5.01. The summed E-state index contributed by atoms with van der Waals surface area (Å²) in [5, 5.41) is 11.6. The highest BCUT2D eigenvalue weighted by Crippen LogP contribution is 2.33. The van der Waals surface area contributed by atoms with E-state index in [2.05, 4.69) is 0 Å². The molecule has 1 fully saturated rings. The van der Waals surface area contributed by atoms with Crippen LogP contribution >= 0.6 is 11.6 Å². The molecular weight excluding hydrogens is 450 g/mol. The van der Waals surface area contributed by atoms with E-state index in [0.717, 1.165) is 10.5 Å². The number of nitrogens with zero attached hydrogens (tertiary/aromatic N) is 3. The Bertz CT molecular complexity index is 1080. The number of esters is 1. The summed E-state index contributed by atoms with van der Waals surface area (Å²) in [5.41, 5.74) is -0.409. The first-order valence-corrected chi connectivity index (χ1v) is 10.7. The van der Waals surface area contributed by atoms with E-state index < -0.39 is 34.3 Å². The van der Waals surface area contributed by atoms with Crippen molar-refractivity contribution in [1.29, 1.82) is 0 Å². The summed E-state index contributed by atoms with van der Waals surface area (Å²) >= 11 is 5.98. The normalized spacial score (nSPS) is 15.4. The van der Waals surface area contributed by atoms with Gasteiger partial charge in [-0.3, -0.25) is 24.6 Å². The molecular formula is C23H24ClN3O6. The second-order valence-electron chi connectivity index (χ2n) is 8.58. The van der Waals surface area contributed by atoms with Gasteiger partial charge in [-0.1, -0.05) is 41.9 Å². The van der Waals surface area contributed by atoms with E-state index in [9.17, 15) is 24.5 Å². The van der Waals surface area contributed by atoms with Crippen molar-refractivity contribution < 1.29 is 24.0 Å². The van der Waals surface area contributed by atoms with Gasteiger partial charge in [-0.25, -0.2) is 4.79 Å². The van der Waals surface area contributed by atoms with Crippen LogP contribution in [0.2, 0.25) is 5.02 Å². The van der Waals surface area contributed by atoms with Gasteiger partial charge in [0, 0.05) is 30.6 Å². The molecule has 3 rings (SSSR count). The first-order valence-electron chi connectivity index (χ1n) is 10.3. The Hall–Kier alpha value is -3.46. The molecule has 0 radical (unpaired) electrons. The van der Waals surface area contributed by atoms with Crippen molar-refractivity contribution in [1.82, 2.24) is 4.90 Å². The average molecular weight is 474 g/mol. The van der Waals surface area contributed by atoms with Gasteiger partial charge in [-0.2, -0.15) is 0 Å². The molecule has 10 heteroatoms. The van der Waals surface area contributed by atoms with Crippen LogP contribution in [0.4, 0.5) is 11.4 Å². The second kappa shape index (κ2) is 9.58. The van der Waals surface area contributed by atoms with Crippen molar-refractivity contribution in [2.75, 3.05) is 18.0 Å². The zero-order valence-electron chi connectivity index (χ0n) is 18.5. The number of piperazine rings is 1. The molecule has 1 saturated heterocycles. The van der Waals surface area contributed by atoms with Crippen LogP contribution in [0.15, 0.2) is 48.5 Å². The number of nitro groups is 1. The Morgan fingerprint density at radius 2 is 1.79 bits per heavy atom. The smallest absolute Gasteiger partial charge is 0.329 e. The molecule has 2 aromatic rings. The number of anilines is 1. The zero-order chi connectivity index (χ0) is 24.3. The topological polar surface area (TPSA) is 110 Å². The fourth-order valence-electron chi connectivity index (χ4n) is 3.57. The second-order valence-corrected chi connectivity index (χ2v) is 9.02. The minimum atomic E-state index is -1.03. The average Bonchev–Trinajstić information content (AvgIpc) is 2.73. The van der Waals surface area contributed by atoms with Crippen LogP contribution in [0.5, 0.6) is 0 Å². The number of ether oxygens (including phenoxy) is 1. The van der Waals surface area contributed by atoms with Gasteiger partial charge in [0.1, 0.15) is 17.3 Å². The van der Waals surface area contributed by atoms with E-state index in [0.29, 0.717) is 0 Å². The standard InChI is InChI=1S/C23H24ClN3O6/c1-23(2,3)33-22(30)19(13-15-7-5-4-6-8-15)26-12-11-25(20(28)21(26)29)18-14-16(24)9-10-17(18)27(31)32/h4-10,14,19H,11-13H2,1-3H3. The third kappa shape index (κ3) is 5.67. The fraction of sp³-hybridized carbons (Fsp3) is 0.348. The number of carbonyl (C=O) groups excluding carboxylic acids is 3. The summed E-state index contributed by atoms with van der Waals surface area (Å²) in [6.07, 6.45) is 0.159. The molecule has 1 aliphatic heterocycles. The van der Waals surface area contributed by atoms with Gasteiger partial charge in [0.05, 0.1) is 4.92 Å². The van der Waals surface area contributed by atoms with Crippen molar-refractivity contribution in [2.24, 2.45) is 0 Å². The molecule has 0 saturated carbocycles. The largest absolute Gasteiger partial charge is 0.458 e. The van der Waals surface area contributed by atoms with E-state index >= 15 is 0 Å². The number of benzene rings is 2. The molecule has 174 valence electrons. The van der Waals surface area contributed by atoms with Crippen molar-refractivity contribution in [3.05, 3.63) is 69.2 Å². The maximum Gasteiger partial charge on any atom is 0.329 e. The summed E-state index contributed by atoms with van der Waals surface area (Å²) in [7, 11) is 0. The Morgan fingerprint density at radius 1 is 1.12 bits per heavy atom. The Morgan fingerprint density at radius 3 is 2.39 bits per heavy atom. The van der Waals surface area contributed by atoms with Gasteiger partial charge in [0.2, 0.25) is 0 Å². The number of amides is 2. The van der Waals surface area contributed by atoms with E-state index in [4.69, 9.17) is 16.3 Å². The van der Waals surface area contributed by atoms with Gasteiger partial charge in [-0.05, 0) is 38.5 Å². The highest BCUT2D eigenvalue weighted by molar-refractivity contribution is 6.41. The van der Waals surface area contributed by atoms with Gasteiger partial charge in [-0.15, -0.1) is 0 Å². The minimum absolute atomic E-state index is 0.00894. The summed E-state index contributed by atoms with van der Waals surface area (Å²) in [6, 6.07) is 11.8. The van der Waals surface area contributed by atoms with Gasteiger partial charge >= 0.3 is 17.8 Å². The molecule has 1 aliphatic rings. The Balaban J connectivity index is 1.91. The first-order chi connectivity index (χ1) is 15.5. The molecule has 1 heterocycles. The Labute approximate surface area is 196 Å². The number of carbonyl (C=O) groups is 3. The predicted octanol–water partition coefficient (Wildman–Crippen LogP) is 3.38. The summed E-state index contributed by atoms with van der Waals surface area (Å²) in [5.74, 6) is -2.55. The van der Waals surface area contributed by atoms with E-state index in [1.54, 1.807) is 20.8 Å². The van der Waals surface area contributed by atoms with E-state index in [1.807, 2.05) is 30.3 Å². The SMILES string of the molecule is CC(C)(C)OC(=O)C(Cc1ccccc1)N1CCN(c2cc(Cl)ccc2[N+](=O)[O-])C(=O)C1=O. The van der Waals surface area contributed by atoms with E-state index in [-0.39, 0.29) is 35.9 Å². The lowest BCUT2D eigenvalue weighted by atomic mass is 10.0. The molecule has 33 heavy (non-hydrogen) atoms. The van der Waals surface area contributed by atoms with Crippen LogP contribution in [0.1, 0.15) is 26.3 Å². The molecule has 2 aromatic carbocycles. The monoisotopic (exact) mass is 473 g/mol. The molecule has 1 atom stereocenters. The molecule has 0 bridgehead atoms. The van der Waals surface area contributed by atoms with Crippen LogP contribution in [0, 0.1) is 10.1 Å². The molecule has 0 N–H and O–H groups in total. The summed E-state index contributed by atoms with van der Waals surface area (Å²) < 4.78 is 5.52. The van der Waals surface area contributed by atoms with E-state index in [1.165, 1.54) is 23.1 Å². The summed E-state index contributed by atoms with van der Waals surface area (Å²) in [4.78, 5) is 52.1. The van der Waals surface area contributed by atoms with Crippen LogP contribution in [0.25, 0.3) is 0 Å². The van der Waals surface area contributed by atoms with Crippen LogP contribution in [0.3, 0.4) is 0 Å². The maximum absolute atomic E-state index is 13.1. The van der Waals surface area contributed by atoms with Crippen molar-refractivity contribution in [2.45, 2.75) is 38.8 Å². The lowest BCUT2D eigenvalue weighted by Crippen LogP contribution is -2.60. The van der Waals surface area contributed by atoms with Crippen LogP contribution < -0.4 is 4.90 Å². The number of nitro benzene ring substituents is 1.